The smallest absolute Gasteiger partial charge is 0.352 e. The number of primary amides is 1. The van der Waals surface area contributed by atoms with Gasteiger partial charge in [0.25, 0.3) is 17.7 Å². The molecule has 0 aliphatic carbocycles. The molecule has 3 amide bonds. The number of thioether (sulfide) groups is 1. The third-order valence-corrected chi connectivity index (χ3v) is 9.06. The summed E-state index contributed by atoms with van der Waals surface area (Å²) in [4.78, 5) is 61.3. The van der Waals surface area contributed by atoms with E-state index in [1.54, 1.807) is 35.3 Å². The molecule has 39 heavy (non-hydrogen) atoms. The average Bonchev–Trinajstić information content (AvgIpc) is 3.58. The van der Waals surface area contributed by atoms with Gasteiger partial charge in [-0.05, 0) is 13.8 Å². The zero-order valence-electron chi connectivity index (χ0n) is 20.5. The number of nitrogens with two attached hydrogens (primary N) is 2. The number of imidazole rings is 1. The second-order valence-corrected chi connectivity index (χ2v) is 11.4. The number of carboxylic acids is 1. The van der Waals surface area contributed by atoms with E-state index in [4.69, 9.17) is 16.3 Å². The van der Waals surface area contributed by atoms with Gasteiger partial charge in [-0.25, -0.2) is 9.36 Å². The van der Waals surface area contributed by atoms with Crippen molar-refractivity contribution in [2.45, 2.75) is 31.8 Å². The maximum Gasteiger partial charge on any atom is 0.352 e. The number of β-lactam (4-membered cyclic amide) rings is 1. The third-order valence-electron chi connectivity index (χ3n) is 5.96. The standard InChI is InChI=1S/C21H21N9O6S3/c1-3-36-26-11(16-25-21(23)39-27-16)17(32)24-12-18(33)30-13(20(34)35)9(6-37-19(12)30)4-28-5-10-29(7-28)8(2)14(38-10)15(22)31/h5,7,12,19H,3-4,6H2,1-2H3,(H5-,22,23,24,25,27,31,32,34,35)/p+1/b26-11-/t12-,19-/m1/s1. The summed E-state index contributed by atoms with van der Waals surface area (Å²) < 4.78 is 7.57. The third kappa shape index (κ3) is 4.70. The number of aryl methyl sites for hydroxylation is 1. The molecule has 3 aromatic rings. The number of aliphatic carboxylic acids is 1. The molecule has 5 heterocycles. The van der Waals surface area contributed by atoms with Crippen LogP contribution < -0.4 is 21.4 Å². The fourth-order valence-corrected chi connectivity index (χ4v) is 7.05. The lowest BCUT2D eigenvalue weighted by atomic mass is 10.0. The lowest BCUT2D eigenvalue weighted by Crippen LogP contribution is -2.71. The van der Waals surface area contributed by atoms with E-state index < -0.39 is 35.1 Å². The summed E-state index contributed by atoms with van der Waals surface area (Å²) >= 11 is 3.45. The summed E-state index contributed by atoms with van der Waals surface area (Å²) in [7, 11) is 0. The van der Waals surface area contributed by atoms with Crippen molar-refractivity contribution in [1.29, 1.82) is 0 Å². The van der Waals surface area contributed by atoms with Crippen molar-refractivity contribution >= 4 is 74.0 Å². The van der Waals surface area contributed by atoms with Crippen LogP contribution in [-0.4, -0.2) is 76.9 Å². The summed E-state index contributed by atoms with van der Waals surface area (Å²) in [6.45, 7) is 3.85. The van der Waals surface area contributed by atoms with Crippen LogP contribution in [0.15, 0.2) is 29.0 Å². The number of thiazole rings is 1. The van der Waals surface area contributed by atoms with E-state index in [1.807, 2.05) is 0 Å². The predicted octanol–water partition coefficient (Wildman–Crippen LogP) is -0.691. The first-order valence-corrected chi connectivity index (χ1v) is 14.0. The van der Waals surface area contributed by atoms with Gasteiger partial charge in [-0.15, -0.1) is 11.8 Å². The van der Waals surface area contributed by atoms with Crippen LogP contribution in [0.3, 0.4) is 0 Å². The summed E-state index contributed by atoms with van der Waals surface area (Å²) in [5.41, 5.74) is 11.9. The normalized spacial score (nSPS) is 19.2. The zero-order valence-corrected chi connectivity index (χ0v) is 22.9. The largest absolute Gasteiger partial charge is 0.477 e. The van der Waals surface area contributed by atoms with Gasteiger partial charge in [0.2, 0.25) is 22.7 Å². The molecule has 6 N–H and O–H groups in total. The molecule has 15 nitrogen and oxygen atoms in total. The molecular formula is C21H22N9O6S3+. The molecular weight excluding hydrogens is 570 g/mol. The van der Waals surface area contributed by atoms with Crippen molar-refractivity contribution in [2.75, 3.05) is 18.1 Å². The van der Waals surface area contributed by atoms with E-state index in [-0.39, 0.29) is 35.5 Å². The summed E-state index contributed by atoms with van der Waals surface area (Å²) in [5, 5.41) is 15.9. The molecule has 2 aliphatic rings. The molecule has 1 saturated heterocycles. The van der Waals surface area contributed by atoms with Crippen molar-refractivity contribution in [1.82, 2.24) is 24.0 Å². The second-order valence-electron chi connectivity index (χ2n) is 8.44. The number of anilines is 1. The second kappa shape index (κ2) is 10.3. The molecule has 0 spiro atoms. The van der Waals surface area contributed by atoms with Gasteiger partial charge in [-0.2, -0.15) is 13.8 Å². The Bertz CT molecular complexity index is 1590. The van der Waals surface area contributed by atoms with Crippen LogP contribution in [0.25, 0.3) is 4.83 Å². The molecule has 18 heteroatoms. The Kier molecular flexibility index (Phi) is 7.00. The minimum absolute atomic E-state index is 0.0422. The molecule has 0 bridgehead atoms. The number of nitrogens with one attached hydrogen (secondary N) is 1. The lowest BCUT2D eigenvalue weighted by Gasteiger charge is -2.49. The Labute approximate surface area is 232 Å². The first kappa shape index (κ1) is 26.6. The zero-order chi connectivity index (χ0) is 28.0. The number of carboxylic acid groups (broad SMARTS) is 1. The van der Waals surface area contributed by atoms with E-state index in [9.17, 15) is 24.3 Å². The van der Waals surface area contributed by atoms with Gasteiger partial charge in [-0.3, -0.25) is 19.3 Å². The molecule has 1 fully saturated rings. The number of oxime groups is 1. The summed E-state index contributed by atoms with van der Waals surface area (Å²) in [6.07, 6.45) is 3.53. The highest BCUT2D eigenvalue weighted by Gasteiger charge is 2.54. The highest BCUT2D eigenvalue weighted by atomic mass is 32.2. The number of nitrogens with zero attached hydrogens (tertiary/aromatic N) is 6. The molecule has 5 rings (SSSR count). The number of amides is 3. The van der Waals surface area contributed by atoms with Gasteiger partial charge in [-0.1, -0.05) is 16.5 Å². The number of carbonyl (C=O) groups excluding carboxylic acids is 3. The quantitative estimate of drug-likeness (QED) is 0.106. The van der Waals surface area contributed by atoms with Crippen molar-refractivity contribution in [2.24, 2.45) is 10.9 Å². The minimum atomic E-state index is -1.25. The van der Waals surface area contributed by atoms with E-state index in [0.717, 1.165) is 16.4 Å². The molecule has 0 unspecified atom stereocenters. The molecule has 0 radical (unpaired) electrons. The van der Waals surface area contributed by atoms with E-state index in [0.29, 0.717) is 21.9 Å². The van der Waals surface area contributed by atoms with Gasteiger partial charge in [0.05, 0.1) is 0 Å². The number of rotatable bonds is 9. The maximum atomic E-state index is 13.1. The highest BCUT2D eigenvalue weighted by molar-refractivity contribution is 8.00. The Morgan fingerprint density at radius 1 is 1.38 bits per heavy atom. The molecule has 0 saturated carbocycles. The fourth-order valence-electron chi connectivity index (χ4n) is 4.25. The first-order chi connectivity index (χ1) is 18.6. The summed E-state index contributed by atoms with van der Waals surface area (Å²) in [6, 6.07) is -0.983. The fraction of sp³-hybridized carbons (Fsp3) is 0.333. The van der Waals surface area contributed by atoms with Crippen molar-refractivity contribution in [3.8, 4) is 0 Å². The Morgan fingerprint density at radius 3 is 2.77 bits per heavy atom. The number of hydrogen-bond donors (Lipinski definition) is 4. The van der Waals surface area contributed by atoms with Crippen LogP contribution in [0.5, 0.6) is 0 Å². The van der Waals surface area contributed by atoms with Crippen molar-refractivity contribution in [3.63, 3.8) is 0 Å². The van der Waals surface area contributed by atoms with Gasteiger partial charge < -0.3 is 26.7 Å². The minimum Gasteiger partial charge on any atom is -0.477 e. The Morgan fingerprint density at radius 2 is 2.15 bits per heavy atom. The Balaban J connectivity index is 1.36. The van der Waals surface area contributed by atoms with Gasteiger partial charge >= 0.3 is 5.97 Å². The van der Waals surface area contributed by atoms with Crippen molar-refractivity contribution in [3.05, 3.63) is 40.2 Å². The molecule has 3 aromatic heterocycles. The summed E-state index contributed by atoms with van der Waals surface area (Å²) in [5.74, 6) is -2.81. The number of carbonyl (C=O) groups is 4. The topological polar surface area (TPSA) is 211 Å². The Hall–Kier alpha value is -4.03. The number of hydrogen-bond acceptors (Lipinski definition) is 12. The van der Waals surface area contributed by atoms with Crippen LogP contribution >= 0.6 is 34.6 Å². The molecule has 204 valence electrons. The van der Waals surface area contributed by atoms with Crippen LogP contribution in [0.2, 0.25) is 0 Å². The van der Waals surface area contributed by atoms with E-state index in [2.05, 4.69) is 19.8 Å². The predicted molar refractivity (Wildman–Crippen MR) is 141 cm³/mol. The van der Waals surface area contributed by atoms with Crippen LogP contribution in [0.1, 0.15) is 28.1 Å². The number of nitrogen functional groups attached to an aromatic ring is 1. The van der Waals surface area contributed by atoms with Gasteiger partial charge in [0.1, 0.15) is 47.0 Å². The first-order valence-electron chi connectivity index (χ1n) is 11.4. The molecule has 0 aromatic carbocycles. The van der Waals surface area contributed by atoms with Crippen LogP contribution in [-0.2, 0) is 25.8 Å². The average molecular weight is 593 g/mol. The van der Waals surface area contributed by atoms with Crippen LogP contribution in [0, 0.1) is 6.92 Å². The highest BCUT2D eigenvalue weighted by Crippen LogP contribution is 2.40. The van der Waals surface area contributed by atoms with Crippen LogP contribution in [0.4, 0.5) is 5.13 Å². The SMILES string of the molecule is CCO/N=C(\C(=O)N[C@@H]1C(=O)N2C(C(=O)O)=C(C[n+]3cc4sc(C(N)=O)c(C)n4c3)CS[C@H]12)c1nsc(N)n1. The molecule has 2 atom stereocenters. The number of aromatic nitrogens is 4. The lowest BCUT2D eigenvalue weighted by molar-refractivity contribution is -0.687. The molecule has 2 aliphatic heterocycles. The van der Waals surface area contributed by atoms with Crippen molar-refractivity contribution < 1.29 is 33.7 Å². The maximum absolute atomic E-state index is 13.1. The van der Waals surface area contributed by atoms with Gasteiger partial charge in [0.15, 0.2) is 5.13 Å². The van der Waals surface area contributed by atoms with Gasteiger partial charge in [0, 0.05) is 22.9 Å². The monoisotopic (exact) mass is 592 g/mol. The van der Waals surface area contributed by atoms with E-state index in [1.165, 1.54) is 28.0 Å². The number of fused-ring (bicyclic) bond motifs is 2. The van der Waals surface area contributed by atoms with E-state index >= 15 is 0 Å².